The molecule has 0 aliphatic carbocycles. The van der Waals surface area contributed by atoms with Gasteiger partial charge in [0.25, 0.3) is 0 Å². The highest BCUT2D eigenvalue weighted by Crippen LogP contribution is 2.50. The minimum atomic E-state index is -0.776. The molecule has 162 valence electrons. The molecular weight excluding hydrogens is 392 g/mol. The molecule has 2 heterocycles. The fraction of sp³-hybridized carbons (Fsp3) is 0.455. The van der Waals surface area contributed by atoms with Crippen molar-refractivity contribution in [1.29, 1.82) is 0 Å². The first-order valence-corrected chi connectivity index (χ1v) is 9.63. The van der Waals surface area contributed by atoms with Gasteiger partial charge in [-0.1, -0.05) is 0 Å². The molecule has 2 aromatic carbocycles. The van der Waals surface area contributed by atoms with Crippen LogP contribution in [0.15, 0.2) is 24.3 Å². The van der Waals surface area contributed by atoms with Crippen LogP contribution in [0.4, 0.5) is 0 Å². The number of aliphatic hydroxyl groups is 2. The van der Waals surface area contributed by atoms with Crippen molar-refractivity contribution < 1.29 is 38.6 Å². The van der Waals surface area contributed by atoms with Gasteiger partial charge < -0.3 is 38.6 Å². The summed E-state index contributed by atoms with van der Waals surface area (Å²) < 4.78 is 33.0. The Morgan fingerprint density at radius 2 is 0.933 bits per heavy atom. The van der Waals surface area contributed by atoms with E-state index >= 15 is 0 Å². The molecule has 8 heteroatoms. The van der Waals surface area contributed by atoms with E-state index in [1.165, 1.54) is 0 Å². The zero-order chi connectivity index (χ0) is 21.4. The minimum absolute atomic E-state index is 0.222. The fourth-order valence-electron chi connectivity index (χ4n) is 3.60. The highest BCUT2D eigenvalue weighted by Gasteiger charge is 2.36. The Morgan fingerprint density at radius 1 is 0.667 bits per heavy atom. The lowest BCUT2D eigenvalue weighted by Gasteiger charge is -2.22. The third-order valence-corrected chi connectivity index (χ3v) is 5.41. The van der Waals surface area contributed by atoms with Crippen LogP contribution in [0.2, 0.25) is 0 Å². The minimum Gasteiger partial charge on any atom is -0.496 e. The number of benzene rings is 2. The van der Waals surface area contributed by atoms with Crippen LogP contribution < -0.4 is 18.9 Å². The van der Waals surface area contributed by atoms with Crippen molar-refractivity contribution in [1.82, 2.24) is 0 Å². The number of hydrogen-bond acceptors (Lipinski definition) is 8. The first-order valence-electron chi connectivity index (χ1n) is 9.63. The molecular formula is C22H26O8. The zero-order valence-electron chi connectivity index (χ0n) is 17.4. The molecule has 2 fully saturated rings. The average Bonchev–Trinajstić information content (AvgIpc) is 3.68. The van der Waals surface area contributed by atoms with Crippen LogP contribution in [0.25, 0.3) is 11.1 Å². The maximum Gasteiger partial charge on any atom is 0.131 e. The van der Waals surface area contributed by atoms with Crippen molar-refractivity contribution >= 4 is 0 Å². The van der Waals surface area contributed by atoms with Gasteiger partial charge in [-0.15, -0.1) is 0 Å². The monoisotopic (exact) mass is 418 g/mol. The summed E-state index contributed by atoms with van der Waals surface area (Å²) in [5.74, 6) is 1.94. The van der Waals surface area contributed by atoms with Gasteiger partial charge in [-0.05, 0) is 35.4 Å². The summed E-state index contributed by atoms with van der Waals surface area (Å²) in [6, 6.07) is 7.02. The third kappa shape index (κ3) is 3.79. The lowest BCUT2D eigenvalue weighted by Crippen LogP contribution is -2.08. The van der Waals surface area contributed by atoms with Gasteiger partial charge in [0, 0.05) is 0 Å². The lowest BCUT2D eigenvalue weighted by atomic mass is 9.94. The maximum atomic E-state index is 10.5. The molecule has 0 spiro atoms. The summed E-state index contributed by atoms with van der Waals surface area (Å²) >= 11 is 0. The van der Waals surface area contributed by atoms with Crippen LogP contribution in [0.3, 0.4) is 0 Å². The largest absolute Gasteiger partial charge is 0.496 e. The molecule has 0 saturated carbocycles. The Kier molecular flexibility index (Phi) is 5.75. The van der Waals surface area contributed by atoms with Crippen molar-refractivity contribution in [3.8, 4) is 34.1 Å². The van der Waals surface area contributed by atoms with Crippen LogP contribution in [-0.2, 0) is 9.47 Å². The second kappa shape index (κ2) is 8.31. The molecule has 2 aliphatic heterocycles. The van der Waals surface area contributed by atoms with Crippen LogP contribution in [0.5, 0.6) is 23.0 Å². The average molecular weight is 418 g/mol. The molecule has 4 rings (SSSR count). The number of ether oxygens (including phenoxy) is 6. The predicted molar refractivity (Wildman–Crippen MR) is 107 cm³/mol. The molecule has 4 atom stereocenters. The molecule has 30 heavy (non-hydrogen) atoms. The quantitative estimate of drug-likeness (QED) is 0.598. The fourth-order valence-corrected chi connectivity index (χ4v) is 3.60. The Hall–Kier alpha value is -2.52. The Labute approximate surface area is 174 Å². The Bertz CT molecular complexity index is 794. The lowest BCUT2D eigenvalue weighted by molar-refractivity contribution is 0.136. The smallest absolute Gasteiger partial charge is 0.131 e. The van der Waals surface area contributed by atoms with Gasteiger partial charge in [0.15, 0.2) is 0 Å². The number of rotatable bonds is 9. The van der Waals surface area contributed by atoms with Crippen molar-refractivity contribution in [2.24, 2.45) is 0 Å². The normalized spacial score (nSPS) is 21.5. The summed E-state index contributed by atoms with van der Waals surface area (Å²) in [7, 11) is 6.18. The topological polar surface area (TPSA) is 102 Å². The zero-order valence-corrected chi connectivity index (χ0v) is 17.4. The van der Waals surface area contributed by atoms with Crippen molar-refractivity contribution in [2.75, 3.05) is 41.7 Å². The molecule has 2 aromatic rings. The molecule has 8 nitrogen and oxygen atoms in total. The van der Waals surface area contributed by atoms with Gasteiger partial charge in [0.1, 0.15) is 47.4 Å². The summed E-state index contributed by atoms with van der Waals surface area (Å²) in [4.78, 5) is 0. The number of aliphatic hydroxyl groups excluding tert-OH is 2. The van der Waals surface area contributed by atoms with E-state index in [2.05, 4.69) is 0 Å². The molecule has 2 aliphatic rings. The van der Waals surface area contributed by atoms with E-state index in [0.29, 0.717) is 58.5 Å². The molecule has 2 saturated heterocycles. The van der Waals surface area contributed by atoms with Crippen LogP contribution in [-0.4, -0.2) is 64.1 Å². The van der Waals surface area contributed by atoms with Crippen LogP contribution in [0.1, 0.15) is 23.3 Å². The van der Waals surface area contributed by atoms with Crippen molar-refractivity contribution in [3.05, 3.63) is 35.4 Å². The number of hydrogen-bond donors (Lipinski definition) is 2. The van der Waals surface area contributed by atoms with Gasteiger partial charge in [0.2, 0.25) is 0 Å². The highest BCUT2D eigenvalue weighted by atomic mass is 16.6. The SMILES string of the molecule is COc1cc([C@@H](O)[C@@H]2CO2)cc(OC)c1-c1c(OC)cc([C@H](O)[C@H]2CO2)cc1OC. The van der Waals surface area contributed by atoms with Crippen molar-refractivity contribution in [3.63, 3.8) is 0 Å². The van der Waals surface area contributed by atoms with E-state index in [0.717, 1.165) is 0 Å². The Balaban J connectivity index is 1.87. The van der Waals surface area contributed by atoms with Gasteiger partial charge in [0.05, 0.1) is 52.8 Å². The standard InChI is InChI=1S/C22H26O8/c1-25-13-5-11(21(23)17-9-29-17)6-14(26-2)19(13)20-15(27-3)7-12(8-16(20)28-4)22(24)18-10-30-18/h5-8,17-18,21-24H,9-10H2,1-4H3/t17-,18+,21+,22-. The van der Waals surface area contributed by atoms with E-state index in [1.807, 2.05) is 0 Å². The highest BCUT2D eigenvalue weighted by molar-refractivity contribution is 5.86. The molecule has 0 aromatic heterocycles. The second-order valence-electron chi connectivity index (χ2n) is 7.23. The molecule has 0 radical (unpaired) electrons. The van der Waals surface area contributed by atoms with E-state index in [-0.39, 0.29) is 12.2 Å². The molecule has 0 amide bonds. The van der Waals surface area contributed by atoms with Gasteiger partial charge in [-0.25, -0.2) is 0 Å². The number of methoxy groups -OCH3 is 4. The predicted octanol–water partition coefficient (Wildman–Crippen LogP) is 2.25. The maximum absolute atomic E-state index is 10.5. The summed E-state index contributed by atoms with van der Waals surface area (Å²) in [6.07, 6.45) is -2.00. The van der Waals surface area contributed by atoms with Crippen LogP contribution >= 0.6 is 0 Å². The second-order valence-corrected chi connectivity index (χ2v) is 7.23. The van der Waals surface area contributed by atoms with E-state index < -0.39 is 12.2 Å². The van der Waals surface area contributed by atoms with Crippen molar-refractivity contribution in [2.45, 2.75) is 24.4 Å². The number of epoxide rings is 2. The first-order chi connectivity index (χ1) is 14.5. The summed E-state index contributed by atoms with van der Waals surface area (Å²) in [5, 5.41) is 21.0. The molecule has 0 unspecified atom stereocenters. The van der Waals surface area contributed by atoms with E-state index in [4.69, 9.17) is 28.4 Å². The molecule has 0 bridgehead atoms. The first kappa shape index (κ1) is 20.7. The Morgan fingerprint density at radius 3 is 1.13 bits per heavy atom. The van der Waals surface area contributed by atoms with Gasteiger partial charge in [-0.2, -0.15) is 0 Å². The van der Waals surface area contributed by atoms with E-state index in [1.54, 1.807) is 52.7 Å². The van der Waals surface area contributed by atoms with Crippen LogP contribution in [0, 0.1) is 0 Å². The third-order valence-electron chi connectivity index (χ3n) is 5.41. The molecule has 2 N–H and O–H groups in total. The summed E-state index contributed by atoms with van der Waals surface area (Å²) in [6.45, 7) is 1.04. The summed E-state index contributed by atoms with van der Waals surface area (Å²) in [5.41, 5.74) is 2.49. The van der Waals surface area contributed by atoms with Gasteiger partial charge in [-0.3, -0.25) is 0 Å². The van der Waals surface area contributed by atoms with Gasteiger partial charge >= 0.3 is 0 Å². The van der Waals surface area contributed by atoms with E-state index in [9.17, 15) is 10.2 Å².